The maximum Gasteiger partial charge on any atom is 0.416 e. The van der Waals surface area contributed by atoms with E-state index in [9.17, 15) is 22.4 Å². The van der Waals surface area contributed by atoms with E-state index in [2.05, 4.69) is 21.2 Å². The minimum atomic E-state index is -4.54. The number of carbonyl (C=O) groups is 1. The summed E-state index contributed by atoms with van der Waals surface area (Å²) in [5.74, 6) is -1.34. The van der Waals surface area contributed by atoms with Crippen molar-refractivity contribution in [1.29, 1.82) is 0 Å². The summed E-state index contributed by atoms with van der Waals surface area (Å²) in [5.41, 5.74) is -0.529. The van der Waals surface area contributed by atoms with Crippen LogP contribution in [0.3, 0.4) is 0 Å². The fourth-order valence-corrected chi connectivity index (χ4v) is 2.49. The lowest BCUT2D eigenvalue weighted by Crippen LogP contribution is -2.18. The highest BCUT2D eigenvalue weighted by atomic mass is 79.9. The molecule has 0 bridgehead atoms. The molecule has 8 heteroatoms. The first-order valence-electron chi connectivity index (χ1n) is 6.74. The number of hydrogen-bond acceptors (Lipinski definition) is 2. The van der Waals surface area contributed by atoms with Gasteiger partial charge >= 0.3 is 6.18 Å². The summed E-state index contributed by atoms with van der Waals surface area (Å²) in [6.07, 6.45) is -4.54. The normalized spacial score (nSPS) is 11.3. The molecule has 0 saturated heterocycles. The third kappa shape index (κ3) is 4.05. The first-order chi connectivity index (χ1) is 11.1. The lowest BCUT2D eigenvalue weighted by Gasteiger charge is -2.20. The second kappa shape index (κ2) is 6.80. The number of benzene rings is 2. The molecule has 0 unspecified atom stereocenters. The van der Waals surface area contributed by atoms with Crippen LogP contribution in [0.4, 0.5) is 28.9 Å². The van der Waals surface area contributed by atoms with Gasteiger partial charge in [0.15, 0.2) is 0 Å². The number of nitrogens with zero attached hydrogens (tertiary/aromatic N) is 1. The van der Waals surface area contributed by atoms with E-state index in [0.717, 1.165) is 24.3 Å². The van der Waals surface area contributed by atoms with E-state index >= 15 is 0 Å². The standard InChI is InChI=1S/C16H13BrF4N2O/c1-23(2)14-6-3-9(16(19,20)21)7-13(14)22-15(24)11-8-10(18)4-5-12(11)17/h3-8H,1-2H3,(H,22,24). The van der Waals surface area contributed by atoms with Crippen LogP contribution in [0, 0.1) is 5.82 Å². The quantitative estimate of drug-likeness (QED) is 0.735. The molecule has 1 amide bonds. The van der Waals surface area contributed by atoms with Crippen molar-refractivity contribution >= 4 is 33.2 Å². The summed E-state index contributed by atoms with van der Waals surface area (Å²) in [6, 6.07) is 6.56. The Balaban J connectivity index is 2.43. The SMILES string of the molecule is CN(C)c1ccc(C(F)(F)F)cc1NC(=O)c1cc(F)ccc1Br. The molecule has 3 nitrogen and oxygen atoms in total. The van der Waals surface area contributed by atoms with Gasteiger partial charge in [-0.05, 0) is 52.3 Å². The third-order valence-electron chi connectivity index (χ3n) is 3.23. The van der Waals surface area contributed by atoms with Crippen molar-refractivity contribution in [3.8, 4) is 0 Å². The van der Waals surface area contributed by atoms with Crippen LogP contribution < -0.4 is 10.2 Å². The summed E-state index contributed by atoms with van der Waals surface area (Å²) in [6.45, 7) is 0. The summed E-state index contributed by atoms with van der Waals surface area (Å²) in [7, 11) is 3.27. The molecule has 0 aliphatic carbocycles. The highest BCUT2D eigenvalue weighted by Crippen LogP contribution is 2.35. The average Bonchev–Trinajstić information content (AvgIpc) is 2.48. The molecule has 0 atom stereocenters. The average molecular weight is 405 g/mol. The molecular weight excluding hydrogens is 392 g/mol. The van der Waals surface area contributed by atoms with E-state index in [1.165, 1.54) is 12.1 Å². The number of anilines is 2. The second-order valence-electron chi connectivity index (χ2n) is 5.20. The molecule has 0 fully saturated rings. The van der Waals surface area contributed by atoms with Gasteiger partial charge in [-0.3, -0.25) is 4.79 Å². The van der Waals surface area contributed by atoms with Crippen molar-refractivity contribution in [2.45, 2.75) is 6.18 Å². The summed E-state index contributed by atoms with van der Waals surface area (Å²) >= 11 is 3.12. The van der Waals surface area contributed by atoms with Crippen molar-refractivity contribution in [2.75, 3.05) is 24.3 Å². The fourth-order valence-electron chi connectivity index (χ4n) is 2.06. The van der Waals surface area contributed by atoms with Crippen LogP contribution in [0.15, 0.2) is 40.9 Å². The van der Waals surface area contributed by atoms with Crippen LogP contribution in [0.2, 0.25) is 0 Å². The van der Waals surface area contributed by atoms with Gasteiger partial charge in [0.1, 0.15) is 5.82 Å². The molecular formula is C16H13BrF4N2O. The molecule has 0 spiro atoms. The molecule has 2 aromatic carbocycles. The zero-order valence-corrected chi connectivity index (χ0v) is 14.3. The zero-order chi connectivity index (χ0) is 18.1. The number of rotatable bonds is 3. The van der Waals surface area contributed by atoms with E-state index in [-0.39, 0.29) is 11.3 Å². The van der Waals surface area contributed by atoms with Crippen LogP contribution >= 0.6 is 15.9 Å². The molecule has 2 rings (SSSR count). The highest BCUT2D eigenvalue weighted by molar-refractivity contribution is 9.10. The number of carbonyl (C=O) groups excluding carboxylic acids is 1. The molecule has 2 aromatic rings. The summed E-state index contributed by atoms with van der Waals surface area (Å²) in [5, 5.41) is 2.41. The molecule has 0 radical (unpaired) electrons. The Morgan fingerprint density at radius 3 is 2.38 bits per heavy atom. The van der Waals surface area contributed by atoms with E-state index in [0.29, 0.717) is 10.2 Å². The van der Waals surface area contributed by atoms with Gasteiger partial charge in [-0.15, -0.1) is 0 Å². The van der Waals surface area contributed by atoms with Crippen molar-refractivity contribution in [3.63, 3.8) is 0 Å². The number of nitrogens with one attached hydrogen (secondary N) is 1. The smallest absolute Gasteiger partial charge is 0.376 e. The van der Waals surface area contributed by atoms with Crippen LogP contribution in [0.5, 0.6) is 0 Å². The predicted molar refractivity (Wildman–Crippen MR) is 87.8 cm³/mol. The van der Waals surface area contributed by atoms with E-state index in [1.54, 1.807) is 19.0 Å². The Bertz CT molecular complexity index is 775. The van der Waals surface area contributed by atoms with Crippen molar-refractivity contribution in [2.24, 2.45) is 0 Å². The third-order valence-corrected chi connectivity index (χ3v) is 3.92. The summed E-state index contributed by atoms with van der Waals surface area (Å²) in [4.78, 5) is 13.9. The van der Waals surface area contributed by atoms with E-state index in [4.69, 9.17) is 0 Å². The number of halogens is 5. The number of hydrogen-bond donors (Lipinski definition) is 1. The van der Waals surface area contributed by atoms with Gasteiger partial charge in [-0.2, -0.15) is 13.2 Å². The largest absolute Gasteiger partial charge is 0.416 e. The molecule has 1 N–H and O–H groups in total. The van der Waals surface area contributed by atoms with Crippen LogP contribution in [-0.2, 0) is 6.18 Å². The van der Waals surface area contributed by atoms with E-state index < -0.39 is 23.5 Å². The fraction of sp³-hybridized carbons (Fsp3) is 0.188. The molecule has 0 heterocycles. The maximum absolute atomic E-state index is 13.3. The van der Waals surface area contributed by atoms with Gasteiger partial charge in [-0.1, -0.05) is 0 Å². The topological polar surface area (TPSA) is 32.3 Å². The lowest BCUT2D eigenvalue weighted by molar-refractivity contribution is -0.137. The minimum absolute atomic E-state index is 0.0166. The van der Waals surface area contributed by atoms with Crippen molar-refractivity contribution < 1.29 is 22.4 Å². The van der Waals surface area contributed by atoms with Crippen LogP contribution in [-0.4, -0.2) is 20.0 Å². The summed E-state index contributed by atoms with van der Waals surface area (Å²) < 4.78 is 52.3. The van der Waals surface area contributed by atoms with Gasteiger partial charge in [0.2, 0.25) is 0 Å². The van der Waals surface area contributed by atoms with Gasteiger partial charge in [0.05, 0.1) is 22.5 Å². The Morgan fingerprint density at radius 1 is 1.12 bits per heavy atom. The maximum atomic E-state index is 13.3. The van der Waals surface area contributed by atoms with Gasteiger partial charge in [0.25, 0.3) is 5.91 Å². The number of amides is 1. The van der Waals surface area contributed by atoms with Crippen LogP contribution in [0.25, 0.3) is 0 Å². The minimum Gasteiger partial charge on any atom is -0.376 e. The van der Waals surface area contributed by atoms with Gasteiger partial charge < -0.3 is 10.2 Å². The lowest BCUT2D eigenvalue weighted by atomic mass is 10.1. The highest BCUT2D eigenvalue weighted by Gasteiger charge is 2.31. The predicted octanol–water partition coefficient (Wildman–Crippen LogP) is 4.93. The van der Waals surface area contributed by atoms with Gasteiger partial charge in [-0.25, -0.2) is 4.39 Å². The number of alkyl halides is 3. The zero-order valence-electron chi connectivity index (χ0n) is 12.7. The monoisotopic (exact) mass is 404 g/mol. The molecule has 0 saturated carbocycles. The first-order valence-corrected chi connectivity index (χ1v) is 7.54. The molecule has 128 valence electrons. The van der Waals surface area contributed by atoms with Gasteiger partial charge in [0, 0.05) is 18.6 Å². The molecule has 0 aliphatic rings. The Morgan fingerprint density at radius 2 is 1.79 bits per heavy atom. The van der Waals surface area contributed by atoms with E-state index in [1.807, 2.05) is 0 Å². The van der Waals surface area contributed by atoms with Crippen molar-refractivity contribution in [1.82, 2.24) is 0 Å². The molecule has 0 aliphatic heterocycles. The molecule has 24 heavy (non-hydrogen) atoms. The Labute approximate surface area is 144 Å². The van der Waals surface area contributed by atoms with Crippen molar-refractivity contribution in [3.05, 3.63) is 57.8 Å². The first kappa shape index (κ1) is 18.3. The van der Waals surface area contributed by atoms with Crippen LogP contribution in [0.1, 0.15) is 15.9 Å². The second-order valence-corrected chi connectivity index (χ2v) is 6.06. The Hall–Kier alpha value is -2.09. The Kier molecular flexibility index (Phi) is 5.17. The molecule has 0 aromatic heterocycles.